The fraction of sp³-hybridized carbons (Fsp3) is 0. The minimum absolute atomic E-state index is 0.0251. The van der Waals surface area contributed by atoms with Crippen molar-refractivity contribution in [1.29, 1.82) is 0 Å². The number of rotatable bonds is 3. The van der Waals surface area contributed by atoms with Crippen molar-refractivity contribution in [3.8, 4) is 17.3 Å². The molecule has 3 N–H and O–H groups in total. The smallest absolute Gasteiger partial charge is 0.335 e. The second-order valence-corrected chi connectivity index (χ2v) is 7.45. The molecule has 0 spiro atoms. The second kappa shape index (κ2) is 7.82. The van der Waals surface area contributed by atoms with E-state index < -0.39 is 22.7 Å². The van der Waals surface area contributed by atoms with Crippen molar-refractivity contribution in [2.24, 2.45) is 0 Å². The molecule has 2 heterocycles. The molecule has 0 radical (unpaired) electrons. The number of hydrogen-bond donors (Lipinski definition) is 3. The van der Waals surface area contributed by atoms with E-state index in [0.717, 1.165) is 10.6 Å². The molecule has 2 aromatic carbocycles. The summed E-state index contributed by atoms with van der Waals surface area (Å²) in [5.74, 6) is -0.648. The van der Waals surface area contributed by atoms with Crippen LogP contribution < -0.4 is 27.4 Å². The van der Waals surface area contributed by atoms with E-state index in [0.29, 0.717) is 15.7 Å². The zero-order chi connectivity index (χ0) is 22.3. The number of halogens is 2. The highest BCUT2D eigenvalue weighted by atomic mass is 35.5. The predicted octanol–water partition coefficient (Wildman–Crippen LogP) is 1.26. The minimum atomic E-state index is -0.866. The van der Waals surface area contributed by atoms with E-state index in [1.54, 1.807) is 36.4 Å². The van der Waals surface area contributed by atoms with Crippen LogP contribution in [0.2, 0.25) is 10.0 Å². The van der Waals surface area contributed by atoms with E-state index in [9.17, 15) is 19.5 Å². The van der Waals surface area contributed by atoms with Gasteiger partial charge in [-0.05, 0) is 42.5 Å². The Morgan fingerprint density at radius 1 is 0.968 bits per heavy atom. The van der Waals surface area contributed by atoms with Crippen molar-refractivity contribution >= 4 is 35.9 Å². The van der Waals surface area contributed by atoms with Gasteiger partial charge >= 0.3 is 5.69 Å². The zero-order valence-electron chi connectivity index (χ0n) is 15.7. The molecule has 0 atom stereocenters. The summed E-state index contributed by atoms with van der Waals surface area (Å²) in [6.07, 6.45) is 1.16. The molecular weight excluding hydrogens is 443 g/mol. The fourth-order valence-electron chi connectivity index (χ4n) is 3.11. The second-order valence-electron chi connectivity index (χ2n) is 6.58. The molecule has 10 heteroatoms. The molecule has 31 heavy (non-hydrogen) atoms. The zero-order valence-corrected chi connectivity index (χ0v) is 17.2. The first-order chi connectivity index (χ1) is 14.8. The summed E-state index contributed by atoms with van der Waals surface area (Å²) in [6, 6.07) is 12.7. The largest absolute Gasteiger partial charge is 0.494 e. The first-order valence-corrected chi connectivity index (χ1v) is 9.64. The summed E-state index contributed by atoms with van der Waals surface area (Å²) < 4.78 is 2.09. The van der Waals surface area contributed by atoms with Crippen LogP contribution in [0.3, 0.4) is 0 Å². The van der Waals surface area contributed by atoms with E-state index in [4.69, 9.17) is 23.2 Å². The van der Waals surface area contributed by atoms with Crippen molar-refractivity contribution in [3.05, 3.63) is 106 Å². The van der Waals surface area contributed by atoms with Crippen molar-refractivity contribution in [1.82, 2.24) is 19.3 Å². The number of aromatic amines is 2. The number of aromatic nitrogens is 4. The Balaban J connectivity index is 1.98. The van der Waals surface area contributed by atoms with Crippen molar-refractivity contribution in [3.63, 3.8) is 0 Å². The lowest BCUT2D eigenvalue weighted by atomic mass is 10.2. The molecule has 0 aliphatic rings. The van der Waals surface area contributed by atoms with E-state index in [1.807, 2.05) is 0 Å². The number of hydrogen-bond acceptors (Lipinski definition) is 4. The number of nitrogens with one attached hydrogen (secondary N) is 2. The van der Waals surface area contributed by atoms with Crippen LogP contribution >= 0.6 is 23.2 Å². The minimum Gasteiger partial charge on any atom is -0.494 e. The molecule has 0 unspecified atom stereocenters. The molecule has 0 saturated carbocycles. The lowest BCUT2D eigenvalue weighted by Gasteiger charge is -2.09. The topological polar surface area (TPSA) is 113 Å². The molecule has 0 fully saturated rings. The highest BCUT2D eigenvalue weighted by Crippen LogP contribution is 2.19. The standard InChI is InChI=1S/C21H14Cl2N4O4/c1-11-16(20(30)27(25-11)15-7-3-5-13(23)9-15)10-17-18(28)24-21(31)26(19(17)29)14-6-2-4-12(22)8-14/h2-10,25,29H,1H2,(H,24,28,31). The predicted molar refractivity (Wildman–Crippen MR) is 119 cm³/mol. The van der Waals surface area contributed by atoms with Gasteiger partial charge in [0.15, 0.2) is 0 Å². The first kappa shape index (κ1) is 20.5. The van der Waals surface area contributed by atoms with Crippen LogP contribution in [0, 0.1) is 0 Å². The van der Waals surface area contributed by atoms with Crippen LogP contribution in [-0.4, -0.2) is 24.4 Å². The summed E-state index contributed by atoms with van der Waals surface area (Å²) in [6.45, 7) is 3.79. The lowest BCUT2D eigenvalue weighted by molar-refractivity contribution is 0.429. The van der Waals surface area contributed by atoms with Gasteiger partial charge in [-0.2, -0.15) is 0 Å². The number of aromatic hydroxyl groups is 1. The normalized spacial score (nSPS) is 11.7. The van der Waals surface area contributed by atoms with Crippen LogP contribution in [0.5, 0.6) is 5.88 Å². The van der Waals surface area contributed by atoms with Crippen LogP contribution in [-0.2, 0) is 0 Å². The summed E-state index contributed by atoms with van der Waals surface area (Å²) in [4.78, 5) is 39.8. The molecule has 2 aromatic heterocycles. The Labute approximate surface area is 183 Å². The van der Waals surface area contributed by atoms with Crippen molar-refractivity contribution in [2.45, 2.75) is 0 Å². The average Bonchev–Trinajstić information content (AvgIpc) is 2.99. The Kier molecular flexibility index (Phi) is 5.18. The third-order valence-electron chi connectivity index (χ3n) is 4.55. The third kappa shape index (κ3) is 3.74. The monoisotopic (exact) mass is 456 g/mol. The first-order valence-electron chi connectivity index (χ1n) is 8.88. The fourth-order valence-corrected chi connectivity index (χ4v) is 3.48. The van der Waals surface area contributed by atoms with Gasteiger partial charge in [0.1, 0.15) is 5.56 Å². The van der Waals surface area contributed by atoms with Gasteiger partial charge in [0.2, 0.25) is 5.88 Å². The van der Waals surface area contributed by atoms with Gasteiger partial charge in [0.05, 0.1) is 21.9 Å². The molecule has 0 bridgehead atoms. The van der Waals surface area contributed by atoms with Gasteiger partial charge in [0.25, 0.3) is 11.1 Å². The maximum absolute atomic E-state index is 12.9. The van der Waals surface area contributed by atoms with Gasteiger partial charge in [0, 0.05) is 10.0 Å². The summed E-state index contributed by atoms with van der Waals surface area (Å²) in [7, 11) is 0. The van der Waals surface area contributed by atoms with Gasteiger partial charge < -0.3 is 5.11 Å². The number of nitrogens with zero attached hydrogens (tertiary/aromatic N) is 2. The third-order valence-corrected chi connectivity index (χ3v) is 5.02. The van der Waals surface area contributed by atoms with E-state index in [1.165, 1.54) is 16.8 Å². The molecule has 0 aliphatic heterocycles. The molecule has 4 aromatic rings. The summed E-state index contributed by atoms with van der Waals surface area (Å²) in [5.41, 5.74) is -1.84. The highest BCUT2D eigenvalue weighted by molar-refractivity contribution is 6.31. The average molecular weight is 457 g/mol. The molecular formula is C21H14Cl2N4O4. The molecule has 8 nitrogen and oxygen atoms in total. The summed E-state index contributed by atoms with van der Waals surface area (Å²) in [5, 5.41) is 14.5. The summed E-state index contributed by atoms with van der Waals surface area (Å²) >= 11 is 12.0. The molecule has 0 saturated heterocycles. The highest BCUT2D eigenvalue weighted by Gasteiger charge is 2.15. The number of benzene rings is 2. The Morgan fingerprint density at radius 3 is 2.23 bits per heavy atom. The van der Waals surface area contributed by atoms with Crippen LogP contribution in [0.15, 0.2) is 62.9 Å². The lowest BCUT2D eigenvalue weighted by Crippen LogP contribution is -2.36. The van der Waals surface area contributed by atoms with E-state index in [-0.39, 0.29) is 21.8 Å². The molecule has 0 amide bonds. The van der Waals surface area contributed by atoms with Gasteiger partial charge in [-0.1, -0.05) is 41.9 Å². The maximum Gasteiger partial charge on any atom is 0.335 e. The van der Waals surface area contributed by atoms with Gasteiger partial charge in [-0.3, -0.25) is 19.7 Å². The SMILES string of the molecule is C=c1[nH]n(-c2cccc(Cl)c2)c(=O)c1=Cc1c(O)n(-c2cccc(Cl)c2)c(=O)[nH]c1=O. The molecule has 4 rings (SSSR count). The maximum atomic E-state index is 12.9. The quantitative estimate of drug-likeness (QED) is 0.430. The van der Waals surface area contributed by atoms with Gasteiger partial charge in [-0.15, -0.1) is 0 Å². The Hall–Kier alpha value is -3.75. The number of H-pyrrole nitrogens is 2. The van der Waals surface area contributed by atoms with Gasteiger partial charge in [-0.25, -0.2) is 14.0 Å². The van der Waals surface area contributed by atoms with Crippen LogP contribution in [0.4, 0.5) is 0 Å². The van der Waals surface area contributed by atoms with Crippen molar-refractivity contribution < 1.29 is 5.11 Å². The Bertz CT molecular complexity index is 1610. The van der Waals surface area contributed by atoms with E-state index >= 15 is 0 Å². The van der Waals surface area contributed by atoms with E-state index in [2.05, 4.69) is 16.7 Å². The Morgan fingerprint density at radius 2 is 1.58 bits per heavy atom. The molecule has 0 aliphatic carbocycles. The van der Waals surface area contributed by atoms with Crippen LogP contribution in [0.25, 0.3) is 24.0 Å². The van der Waals surface area contributed by atoms with Crippen molar-refractivity contribution in [2.75, 3.05) is 0 Å². The van der Waals surface area contributed by atoms with Crippen LogP contribution in [0.1, 0.15) is 5.56 Å². The molecule has 156 valence electrons.